The molecule has 0 saturated carbocycles. The minimum absolute atomic E-state index is 0.0571. The van der Waals surface area contributed by atoms with E-state index in [4.69, 9.17) is 32.7 Å². The molecule has 0 bridgehead atoms. The van der Waals surface area contributed by atoms with Crippen molar-refractivity contribution < 1.29 is 19.1 Å². The highest BCUT2D eigenvalue weighted by Crippen LogP contribution is 2.29. The monoisotopic (exact) mass is 356 g/mol. The van der Waals surface area contributed by atoms with E-state index in [-0.39, 0.29) is 11.6 Å². The lowest BCUT2D eigenvalue weighted by Gasteiger charge is -2.20. The summed E-state index contributed by atoms with van der Waals surface area (Å²) in [4.78, 5) is 28.6. The summed E-state index contributed by atoms with van der Waals surface area (Å²) in [5, 5.41) is 9.72. The molecule has 1 unspecified atom stereocenters. The lowest BCUT2D eigenvalue weighted by Crippen LogP contribution is -2.40. The van der Waals surface area contributed by atoms with Crippen LogP contribution in [-0.4, -0.2) is 40.0 Å². The Balaban J connectivity index is 2.36. The molecule has 122 valence electrons. The van der Waals surface area contributed by atoms with Gasteiger partial charge in [-0.3, -0.25) is 4.79 Å². The van der Waals surface area contributed by atoms with Gasteiger partial charge in [-0.05, 0) is 32.0 Å². The first kappa shape index (κ1) is 17.3. The molecule has 0 aliphatic heterocycles. The van der Waals surface area contributed by atoms with Crippen LogP contribution < -0.4 is 0 Å². The Morgan fingerprint density at radius 2 is 1.96 bits per heavy atom. The smallest absolute Gasteiger partial charge is 0.326 e. The SMILES string of the molecule is Cc1oc(-c2ccc(Cl)c(Cl)c2)nc1C(=O)N(C)C(C)C(=O)O. The lowest BCUT2D eigenvalue weighted by molar-refractivity contribution is -0.141. The number of aliphatic carboxylic acids is 1. The number of carbonyl (C=O) groups excluding carboxylic acids is 1. The molecule has 0 aliphatic rings. The van der Waals surface area contributed by atoms with Gasteiger partial charge in [0.1, 0.15) is 11.8 Å². The minimum Gasteiger partial charge on any atom is -0.480 e. The third-order valence-electron chi connectivity index (χ3n) is 3.42. The quantitative estimate of drug-likeness (QED) is 0.905. The molecule has 0 radical (unpaired) electrons. The minimum atomic E-state index is -1.10. The summed E-state index contributed by atoms with van der Waals surface area (Å²) in [6.45, 7) is 3.00. The maximum Gasteiger partial charge on any atom is 0.326 e. The van der Waals surface area contributed by atoms with Crippen molar-refractivity contribution in [3.63, 3.8) is 0 Å². The predicted octanol–water partition coefficient (Wildman–Crippen LogP) is 3.50. The first-order valence-corrected chi connectivity index (χ1v) is 7.40. The van der Waals surface area contributed by atoms with Crippen LogP contribution in [0.4, 0.5) is 0 Å². The Morgan fingerprint density at radius 3 is 2.52 bits per heavy atom. The third-order valence-corrected chi connectivity index (χ3v) is 4.16. The number of rotatable bonds is 4. The highest BCUT2D eigenvalue weighted by molar-refractivity contribution is 6.42. The summed E-state index contributed by atoms with van der Waals surface area (Å²) in [5.74, 6) is -1.14. The molecule has 2 rings (SSSR count). The van der Waals surface area contributed by atoms with Crippen LogP contribution in [0, 0.1) is 6.92 Å². The van der Waals surface area contributed by atoms with Crippen LogP contribution >= 0.6 is 23.2 Å². The largest absolute Gasteiger partial charge is 0.480 e. The number of carboxylic acids is 1. The van der Waals surface area contributed by atoms with E-state index in [1.54, 1.807) is 25.1 Å². The van der Waals surface area contributed by atoms with E-state index in [1.807, 2.05) is 0 Å². The van der Waals surface area contributed by atoms with E-state index < -0.39 is 17.9 Å². The Labute approximate surface area is 142 Å². The molecule has 6 nitrogen and oxygen atoms in total. The van der Waals surface area contributed by atoms with Crippen LogP contribution in [-0.2, 0) is 4.79 Å². The summed E-state index contributed by atoms with van der Waals surface area (Å²) < 4.78 is 5.50. The number of hydrogen-bond acceptors (Lipinski definition) is 4. The number of halogens is 2. The van der Waals surface area contributed by atoms with Crippen molar-refractivity contribution in [2.45, 2.75) is 19.9 Å². The predicted molar refractivity (Wildman–Crippen MR) is 85.9 cm³/mol. The molecule has 0 aliphatic carbocycles. The molecule has 8 heteroatoms. The number of hydrogen-bond donors (Lipinski definition) is 1. The molecule has 2 aromatic rings. The summed E-state index contributed by atoms with van der Waals surface area (Å²) in [5.41, 5.74) is 0.622. The molecule has 0 fully saturated rings. The number of carbonyl (C=O) groups is 2. The summed E-state index contributed by atoms with van der Waals surface area (Å²) in [6.07, 6.45) is 0. The van der Waals surface area contributed by atoms with E-state index in [9.17, 15) is 9.59 Å². The van der Waals surface area contributed by atoms with Crippen LogP contribution in [0.2, 0.25) is 10.0 Å². The zero-order chi connectivity index (χ0) is 17.3. The third kappa shape index (κ3) is 3.48. The van der Waals surface area contributed by atoms with Crippen LogP contribution in [0.3, 0.4) is 0 Å². The molecule has 1 N–H and O–H groups in total. The molecular weight excluding hydrogens is 343 g/mol. The fourth-order valence-corrected chi connectivity index (χ4v) is 2.15. The number of carboxylic acid groups (broad SMARTS) is 1. The first-order valence-electron chi connectivity index (χ1n) is 6.65. The lowest BCUT2D eigenvalue weighted by atomic mass is 10.2. The number of aryl methyl sites for hydroxylation is 1. The van der Waals surface area contributed by atoms with Crippen molar-refractivity contribution in [1.29, 1.82) is 0 Å². The number of likely N-dealkylation sites (N-methyl/N-ethyl adjacent to an activating group) is 1. The molecule has 0 spiro atoms. The van der Waals surface area contributed by atoms with Crippen molar-refractivity contribution in [3.8, 4) is 11.5 Å². The molecule has 1 aromatic carbocycles. The van der Waals surface area contributed by atoms with E-state index in [1.165, 1.54) is 14.0 Å². The van der Waals surface area contributed by atoms with Gasteiger partial charge in [0.15, 0.2) is 5.69 Å². The maximum absolute atomic E-state index is 12.4. The zero-order valence-corrected chi connectivity index (χ0v) is 14.1. The van der Waals surface area contributed by atoms with Gasteiger partial charge in [0.2, 0.25) is 5.89 Å². The Bertz CT molecular complexity index is 773. The summed E-state index contributed by atoms with van der Waals surface area (Å²) in [7, 11) is 1.40. The number of nitrogens with zero attached hydrogens (tertiary/aromatic N) is 2. The first-order chi connectivity index (χ1) is 10.7. The Kier molecular flexibility index (Phi) is 4.97. The maximum atomic E-state index is 12.4. The van der Waals surface area contributed by atoms with Crippen molar-refractivity contribution >= 4 is 35.1 Å². The highest BCUT2D eigenvalue weighted by atomic mass is 35.5. The number of benzene rings is 1. The van der Waals surface area contributed by atoms with Crippen LogP contribution in [0.15, 0.2) is 22.6 Å². The topological polar surface area (TPSA) is 83.6 Å². The molecule has 0 saturated heterocycles. The number of oxazole rings is 1. The Morgan fingerprint density at radius 1 is 1.30 bits per heavy atom. The fourth-order valence-electron chi connectivity index (χ4n) is 1.86. The van der Waals surface area contributed by atoms with Crippen LogP contribution in [0.25, 0.3) is 11.5 Å². The molecule has 1 amide bonds. The van der Waals surface area contributed by atoms with Gasteiger partial charge >= 0.3 is 5.97 Å². The zero-order valence-electron chi connectivity index (χ0n) is 12.6. The highest BCUT2D eigenvalue weighted by Gasteiger charge is 2.27. The number of aromatic nitrogens is 1. The molecule has 23 heavy (non-hydrogen) atoms. The number of amides is 1. The van der Waals surface area contributed by atoms with Gasteiger partial charge in [0, 0.05) is 12.6 Å². The van der Waals surface area contributed by atoms with Gasteiger partial charge in [-0.25, -0.2) is 9.78 Å². The fraction of sp³-hybridized carbons (Fsp3) is 0.267. The normalized spacial score (nSPS) is 12.0. The van der Waals surface area contributed by atoms with E-state index in [0.717, 1.165) is 4.90 Å². The standard InChI is InChI=1S/C15H14Cl2N2O4/c1-7(15(21)22)19(3)14(20)12-8(2)23-13(18-12)9-4-5-10(16)11(17)6-9/h4-7H,1-3H3,(H,21,22). The molecule has 1 aromatic heterocycles. The summed E-state index contributed by atoms with van der Waals surface area (Å²) >= 11 is 11.8. The second kappa shape index (κ2) is 6.60. The van der Waals surface area contributed by atoms with Crippen molar-refractivity contribution in [3.05, 3.63) is 39.7 Å². The molecule has 1 heterocycles. The molecular formula is C15H14Cl2N2O4. The van der Waals surface area contributed by atoms with Gasteiger partial charge < -0.3 is 14.4 Å². The van der Waals surface area contributed by atoms with E-state index in [2.05, 4.69) is 4.98 Å². The van der Waals surface area contributed by atoms with E-state index in [0.29, 0.717) is 21.4 Å². The van der Waals surface area contributed by atoms with Gasteiger partial charge in [0.05, 0.1) is 10.0 Å². The van der Waals surface area contributed by atoms with Gasteiger partial charge in [-0.15, -0.1) is 0 Å². The van der Waals surface area contributed by atoms with Crippen LogP contribution in [0.5, 0.6) is 0 Å². The molecule has 1 atom stereocenters. The van der Waals surface area contributed by atoms with Gasteiger partial charge in [-0.1, -0.05) is 23.2 Å². The average molecular weight is 357 g/mol. The van der Waals surface area contributed by atoms with E-state index >= 15 is 0 Å². The van der Waals surface area contributed by atoms with Crippen LogP contribution in [0.1, 0.15) is 23.2 Å². The van der Waals surface area contributed by atoms with Crippen molar-refractivity contribution in [2.75, 3.05) is 7.05 Å². The van der Waals surface area contributed by atoms with Crippen molar-refractivity contribution in [1.82, 2.24) is 9.88 Å². The van der Waals surface area contributed by atoms with Crippen molar-refractivity contribution in [2.24, 2.45) is 0 Å². The second-order valence-electron chi connectivity index (χ2n) is 4.98. The summed E-state index contributed by atoms with van der Waals surface area (Å²) in [6, 6.07) is 3.86. The Hall–Kier alpha value is -2.05. The average Bonchev–Trinajstić information content (AvgIpc) is 2.89. The van der Waals surface area contributed by atoms with Gasteiger partial charge in [0.25, 0.3) is 5.91 Å². The second-order valence-corrected chi connectivity index (χ2v) is 5.80. The van der Waals surface area contributed by atoms with Gasteiger partial charge in [-0.2, -0.15) is 0 Å².